The molecule has 1 aromatic carbocycles. The number of amides is 1. The van der Waals surface area contributed by atoms with E-state index in [9.17, 15) is 4.79 Å². The van der Waals surface area contributed by atoms with E-state index in [-0.39, 0.29) is 11.3 Å². The van der Waals surface area contributed by atoms with E-state index in [1.54, 1.807) is 7.11 Å². The van der Waals surface area contributed by atoms with Crippen LogP contribution in [0.3, 0.4) is 0 Å². The van der Waals surface area contributed by atoms with Gasteiger partial charge in [-0.05, 0) is 37.0 Å². The second kappa shape index (κ2) is 8.34. The maximum atomic E-state index is 12.2. The normalized spacial score (nSPS) is 18.2. The van der Waals surface area contributed by atoms with E-state index in [2.05, 4.69) is 17.4 Å². The molecule has 0 radical (unpaired) electrons. The first kappa shape index (κ1) is 17.8. The maximum absolute atomic E-state index is 12.2. The molecule has 0 bridgehead atoms. The van der Waals surface area contributed by atoms with Gasteiger partial charge in [0.1, 0.15) is 5.75 Å². The number of carbonyl (C=O) groups excluding carboxylic acids is 1. The summed E-state index contributed by atoms with van der Waals surface area (Å²) in [7, 11) is 1.68. The maximum Gasteiger partial charge on any atom is 0.236 e. The van der Waals surface area contributed by atoms with Crippen molar-refractivity contribution in [3.63, 3.8) is 0 Å². The topological polar surface area (TPSA) is 64.4 Å². The van der Waals surface area contributed by atoms with Gasteiger partial charge in [-0.15, -0.1) is 0 Å². The molecule has 0 aromatic heterocycles. The number of benzene rings is 1. The summed E-state index contributed by atoms with van der Waals surface area (Å²) in [6, 6.07) is 7.91. The third kappa shape index (κ3) is 4.47. The summed E-state index contributed by atoms with van der Waals surface area (Å²) < 4.78 is 5.26. The molecule has 4 nitrogen and oxygen atoms in total. The number of hydrogen-bond acceptors (Lipinski definition) is 3. The molecule has 1 unspecified atom stereocenters. The lowest BCUT2D eigenvalue weighted by atomic mass is 9.69. The largest absolute Gasteiger partial charge is 0.497 e. The monoisotopic (exact) mass is 318 g/mol. The highest BCUT2D eigenvalue weighted by molar-refractivity contribution is 5.81. The lowest BCUT2D eigenvalue weighted by molar-refractivity contribution is -0.122. The summed E-state index contributed by atoms with van der Waals surface area (Å²) in [6.45, 7) is 2.72. The number of carbonyl (C=O) groups is 1. The van der Waals surface area contributed by atoms with Gasteiger partial charge in [0.25, 0.3) is 0 Å². The van der Waals surface area contributed by atoms with Crippen LogP contribution in [0.4, 0.5) is 0 Å². The molecule has 23 heavy (non-hydrogen) atoms. The Morgan fingerprint density at radius 2 is 1.91 bits per heavy atom. The number of nitrogens with two attached hydrogens (primary N) is 1. The van der Waals surface area contributed by atoms with Crippen molar-refractivity contribution in [2.75, 3.05) is 13.7 Å². The van der Waals surface area contributed by atoms with Gasteiger partial charge < -0.3 is 15.8 Å². The number of rotatable bonds is 7. The zero-order valence-corrected chi connectivity index (χ0v) is 14.4. The fraction of sp³-hybridized carbons (Fsp3) is 0.632. The van der Waals surface area contributed by atoms with Crippen molar-refractivity contribution in [1.82, 2.24) is 5.32 Å². The molecule has 1 saturated carbocycles. The van der Waals surface area contributed by atoms with Gasteiger partial charge in [-0.1, -0.05) is 44.7 Å². The van der Waals surface area contributed by atoms with Crippen LogP contribution in [-0.4, -0.2) is 25.6 Å². The Hall–Kier alpha value is -1.55. The Kier molecular flexibility index (Phi) is 6.46. The quantitative estimate of drug-likeness (QED) is 0.812. The van der Waals surface area contributed by atoms with E-state index < -0.39 is 6.04 Å². The molecule has 0 saturated heterocycles. The summed E-state index contributed by atoms with van der Waals surface area (Å²) >= 11 is 0. The van der Waals surface area contributed by atoms with Gasteiger partial charge in [-0.25, -0.2) is 0 Å². The Morgan fingerprint density at radius 3 is 2.48 bits per heavy atom. The van der Waals surface area contributed by atoms with Crippen LogP contribution in [0.2, 0.25) is 0 Å². The Bertz CT molecular complexity index is 493. The van der Waals surface area contributed by atoms with Crippen LogP contribution in [-0.2, 0) is 10.2 Å². The van der Waals surface area contributed by atoms with Gasteiger partial charge >= 0.3 is 0 Å². The van der Waals surface area contributed by atoms with Gasteiger partial charge in [-0.3, -0.25) is 4.79 Å². The smallest absolute Gasteiger partial charge is 0.236 e. The van der Waals surface area contributed by atoms with E-state index in [1.165, 1.54) is 24.8 Å². The van der Waals surface area contributed by atoms with Crippen LogP contribution in [0.15, 0.2) is 24.3 Å². The fourth-order valence-corrected chi connectivity index (χ4v) is 3.57. The van der Waals surface area contributed by atoms with Crippen LogP contribution >= 0.6 is 0 Å². The van der Waals surface area contributed by atoms with Crippen LogP contribution in [0.25, 0.3) is 0 Å². The first-order chi connectivity index (χ1) is 11.1. The minimum absolute atomic E-state index is 0.0229. The molecule has 128 valence electrons. The average molecular weight is 318 g/mol. The van der Waals surface area contributed by atoms with Gasteiger partial charge in [-0.2, -0.15) is 0 Å². The summed E-state index contributed by atoms with van der Waals surface area (Å²) in [5.41, 5.74) is 7.26. The van der Waals surface area contributed by atoms with Gasteiger partial charge in [0.2, 0.25) is 5.91 Å². The SMILES string of the molecule is CCCC(N)C(=O)NCC1(c2ccc(OC)cc2)CCCCC1. The summed E-state index contributed by atoms with van der Waals surface area (Å²) in [4.78, 5) is 12.2. The number of ether oxygens (including phenoxy) is 1. The van der Waals surface area contributed by atoms with Crippen molar-refractivity contribution in [2.24, 2.45) is 5.73 Å². The number of methoxy groups -OCH3 is 1. The molecule has 3 N–H and O–H groups in total. The Balaban J connectivity index is 2.10. The summed E-state index contributed by atoms with van der Waals surface area (Å²) in [5, 5.41) is 3.11. The van der Waals surface area contributed by atoms with Gasteiger partial charge in [0.15, 0.2) is 0 Å². The van der Waals surface area contributed by atoms with E-state index >= 15 is 0 Å². The third-order valence-corrected chi connectivity index (χ3v) is 5.05. The molecule has 4 heteroatoms. The molecule has 1 atom stereocenters. The van der Waals surface area contributed by atoms with Crippen molar-refractivity contribution >= 4 is 5.91 Å². The zero-order valence-electron chi connectivity index (χ0n) is 14.4. The second-order valence-electron chi connectivity index (χ2n) is 6.68. The van der Waals surface area contributed by atoms with Crippen LogP contribution in [0, 0.1) is 0 Å². The van der Waals surface area contributed by atoms with Gasteiger partial charge in [0, 0.05) is 12.0 Å². The minimum Gasteiger partial charge on any atom is -0.497 e. The lowest BCUT2D eigenvalue weighted by Crippen LogP contribution is -2.47. The molecule has 2 rings (SSSR count). The Morgan fingerprint density at radius 1 is 1.26 bits per heavy atom. The van der Waals surface area contributed by atoms with Crippen molar-refractivity contribution in [2.45, 2.75) is 63.3 Å². The minimum atomic E-state index is -0.392. The standard InChI is InChI=1S/C19H30N2O2/c1-3-7-17(20)18(22)21-14-19(12-5-4-6-13-19)15-8-10-16(23-2)11-9-15/h8-11,17H,3-7,12-14,20H2,1-2H3,(H,21,22). The van der Waals surface area contributed by atoms with Crippen molar-refractivity contribution in [3.05, 3.63) is 29.8 Å². The highest BCUT2D eigenvalue weighted by Gasteiger charge is 2.34. The molecule has 0 aliphatic heterocycles. The van der Waals surface area contributed by atoms with Crippen molar-refractivity contribution in [3.8, 4) is 5.75 Å². The molecule has 1 aliphatic rings. The molecule has 1 fully saturated rings. The summed E-state index contributed by atoms with van der Waals surface area (Å²) in [5.74, 6) is 0.846. The second-order valence-corrected chi connectivity index (χ2v) is 6.68. The predicted octanol–water partition coefficient (Wildman–Crippen LogP) is 3.14. The molecule has 0 spiro atoms. The van der Waals surface area contributed by atoms with E-state index in [1.807, 2.05) is 19.1 Å². The Labute approximate surface area is 139 Å². The molecule has 1 aromatic rings. The summed E-state index contributed by atoms with van der Waals surface area (Å²) in [6.07, 6.45) is 7.60. The molecule has 1 aliphatic carbocycles. The van der Waals surface area contributed by atoms with Crippen molar-refractivity contribution in [1.29, 1.82) is 0 Å². The first-order valence-corrected chi connectivity index (χ1v) is 8.79. The lowest BCUT2D eigenvalue weighted by Gasteiger charge is -2.38. The third-order valence-electron chi connectivity index (χ3n) is 5.05. The predicted molar refractivity (Wildman–Crippen MR) is 93.7 cm³/mol. The van der Waals surface area contributed by atoms with E-state index in [0.29, 0.717) is 6.54 Å². The zero-order chi connectivity index (χ0) is 16.7. The van der Waals surface area contributed by atoms with Crippen molar-refractivity contribution < 1.29 is 9.53 Å². The number of nitrogens with one attached hydrogen (secondary N) is 1. The molecular weight excluding hydrogens is 288 g/mol. The van der Waals surface area contributed by atoms with Crippen LogP contribution in [0.1, 0.15) is 57.4 Å². The molecule has 0 heterocycles. The highest BCUT2D eigenvalue weighted by atomic mass is 16.5. The van der Waals surface area contributed by atoms with Crippen LogP contribution in [0.5, 0.6) is 5.75 Å². The number of hydrogen-bond donors (Lipinski definition) is 2. The molecule has 1 amide bonds. The molecular formula is C19H30N2O2. The van der Waals surface area contributed by atoms with Crippen LogP contribution < -0.4 is 15.8 Å². The highest BCUT2D eigenvalue weighted by Crippen LogP contribution is 2.39. The first-order valence-electron chi connectivity index (χ1n) is 8.79. The van der Waals surface area contributed by atoms with E-state index in [4.69, 9.17) is 10.5 Å². The van der Waals surface area contributed by atoms with E-state index in [0.717, 1.165) is 31.4 Å². The average Bonchev–Trinajstić information content (AvgIpc) is 2.60. The fourth-order valence-electron chi connectivity index (χ4n) is 3.57. The van der Waals surface area contributed by atoms with Gasteiger partial charge in [0.05, 0.1) is 13.2 Å².